The van der Waals surface area contributed by atoms with Crippen molar-refractivity contribution >= 4 is 27.8 Å². The number of hydrogen-bond acceptors (Lipinski definition) is 6. The average molecular weight is 423 g/mol. The van der Waals surface area contributed by atoms with Crippen LogP contribution >= 0.6 is 15.9 Å². The number of ether oxygens (including phenoxy) is 1. The third-order valence-electron chi connectivity index (χ3n) is 4.03. The third kappa shape index (κ3) is 4.14. The summed E-state index contributed by atoms with van der Waals surface area (Å²) in [4.78, 5) is 20.9. The number of pyridine rings is 1. The smallest absolute Gasteiger partial charge is 0.410 e. The van der Waals surface area contributed by atoms with Crippen molar-refractivity contribution in [3.63, 3.8) is 0 Å². The van der Waals surface area contributed by atoms with Gasteiger partial charge in [-0.1, -0.05) is 5.21 Å². The minimum Gasteiger partial charge on any atom is -0.444 e. The van der Waals surface area contributed by atoms with Gasteiger partial charge in [-0.25, -0.2) is 14.5 Å². The fraction of sp³-hybridized carbons (Fsp3) is 0.529. The summed E-state index contributed by atoms with van der Waals surface area (Å²) in [6, 6.07) is 2.05. The molecular weight excluding hydrogens is 400 g/mol. The Morgan fingerprint density at radius 3 is 2.73 bits per heavy atom. The summed E-state index contributed by atoms with van der Waals surface area (Å²) in [6.07, 6.45) is 4.91. The van der Waals surface area contributed by atoms with Gasteiger partial charge < -0.3 is 14.5 Å². The molecule has 3 rings (SSSR count). The molecular formula is C17H23BrN6O2. The van der Waals surface area contributed by atoms with Crippen molar-refractivity contribution in [1.82, 2.24) is 24.9 Å². The van der Waals surface area contributed by atoms with E-state index < -0.39 is 5.60 Å². The molecule has 0 saturated carbocycles. The van der Waals surface area contributed by atoms with E-state index in [0.717, 1.165) is 16.0 Å². The molecule has 1 atom stereocenters. The number of aromatic nitrogens is 4. The van der Waals surface area contributed by atoms with Crippen LogP contribution in [0.1, 0.15) is 27.7 Å². The first-order valence-electron chi connectivity index (χ1n) is 8.51. The van der Waals surface area contributed by atoms with Crippen LogP contribution in [0, 0.1) is 0 Å². The third-order valence-corrected chi connectivity index (χ3v) is 4.47. The predicted octanol–water partition coefficient (Wildman–Crippen LogP) is 2.87. The molecule has 0 aliphatic carbocycles. The molecule has 1 aliphatic heterocycles. The lowest BCUT2D eigenvalue weighted by Gasteiger charge is -2.41. The molecule has 0 aromatic carbocycles. The molecule has 140 valence electrons. The molecule has 8 nitrogen and oxygen atoms in total. The molecule has 1 fully saturated rings. The fourth-order valence-electron chi connectivity index (χ4n) is 2.91. The molecule has 2 aromatic heterocycles. The average Bonchev–Trinajstić information content (AvgIpc) is 3.08. The molecule has 0 spiro atoms. The Balaban J connectivity index is 1.80. The first-order chi connectivity index (χ1) is 12.2. The van der Waals surface area contributed by atoms with Crippen molar-refractivity contribution in [3.05, 3.63) is 29.1 Å². The zero-order valence-corrected chi connectivity index (χ0v) is 17.0. The lowest BCUT2D eigenvalue weighted by molar-refractivity contribution is 0.0218. The van der Waals surface area contributed by atoms with Crippen LogP contribution in [0.25, 0.3) is 5.69 Å². The van der Waals surface area contributed by atoms with Gasteiger partial charge in [0.2, 0.25) is 0 Å². The number of hydrogen-bond donors (Lipinski definition) is 0. The van der Waals surface area contributed by atoms with E-state index in [1.165, 1.54) is 0 Å². The summed E-state index contributed by atoms with van der Waals surface area (Å²) < 4.78 is 8.05. The van der Waals surface area contributed by atoms with Crippen molar-refractivity contribution in [2.24, 2.45) is 0 Å². The number of nitrogens with zero attached hydrogens (tertiary/aromatic N) is 6. The molecule has 2 aromatic rings. The highest BCUT2D eigenvalue weighted by molar-refractivity contribution is 9.10. The van der Waals surface area contributed by atoms with Crippen LogP contribution in [0.3, 0.4) is 0 Å². The van der Waals surface area contributed by atoms with Gasteiger partial charge in [-0.2, -0.15) is 0 Å². The second kappa shape index (κ2) is 7.22. The Morgan fingerprint density at radius 2 is 2.12 bits per heavy atom. The van der Waals surface area contributed by atoms with Gasteiger partial charge in [-0.05, 0) is 49.7 Å². The van der Waals surface area contributed by atoms with Crippen LogP contribution in [0.2, 0.25) is 0 Å². The molecule has 1 saturated heterocycles. The molecule has 9 heteroatoms. The summed E-state index contributed by atoms with van der Waals surface area (Å²) in [7, 11) is 0. The van der Waals surface area contributed by atoms with Crippen LogP contribution in [-0.4, -0.2) is 62.2 Å². The first kappa shape index (κ1) is 18.6. The Hall–Kier alpha value is -2.16. The molecule has 1 aliphatic rings. The van der Waals surface area contributed by atoms with Gasteiger partial charge in [0.15, 0.2) is 5.82 Å². The van der Waals surface area contributed by atoms with E-state index in [4.69, 9.17) is 4.74 Å². The number of carbonyl (C=O) groups excluding carboxylic acids is 1. The lowest BCUT2D eigenvalue weighted by Crippen LogP contribution is -2.55. The van der Waals surface area contributed by atoms with E-state index in [1.807, 2.05) is 26.8 Å². The van der Waals surface area contributed by atoms with Crippen molar-refractivity contribution < 1.29 is 9.53 Å². The van der Waals surface area contributed by atoms with E-state index >= 15 is 0 Å². The number of piperazine rings is 1. The van der Waals surface area contributed by atoms with Crippen LogP contribution in [-0.2, 0) is 4.74 Å². The maximum atomic E-state index is 12.3. The summed E-state index contributed by atoms with van der Waals surface area (Å²) >= 11 is 3.47. The lowest BCUT2D eigenvalue weighted by atomic mass is 10.1. The first-order valence-corrected chi connectivity index (χ1v) is 9.31. The number of halogens is 1. The molecule has 0 bridgehead atoms. The van der Waals surface area contributed by atoms with E-state index in [0.29, 0.717) is 19.6 Å². The van der Waals surface area contributed by atoms with Crippen LogP contribution in [0.15, 0.2) is 29.1 Å². The Morgan fingerprint density at radius 1 is 1.35 bits per heavy atom. The van der Waals surface area contributed by atoms with Crippen molar-refractivity contribution in [2.45, 2.75) is 39.3 Å². The van der Waals surface area contributed by atoms with Gasteiger partial charge in [0.05, 0.1) is 12.4 Å². The Labute approximate surface area is 161 Å². The summed E-state index contributed by atoms with van der Waals surface area (Å²) in [6.45, 7) is 9.52. The molecule has 0 unspecified atom stereocenters. The van der Waals surface area contributed by atoms with Crippen LogP contribution in [0.5, 0.6) is 0 Å². The second-order valence-electron chi connectivity index (χ2n) is 7.31. The standard InChI is InChI=1S/C17H23BrN6O2/c1-12-11-22(16(25)26-17(2,3)4)7-8-23(12)15-14(9-13(18)10-19-15)24-6-5-20-21-24/h5-6,9-10,12H,7-8,11H2,1-4H3/t12-/m0/s1. The minimum absolute atomic E-state index is 0.0900. The van der Waals surface area contributed by atoms with Crippen molar-refractivity contribution in [3.8, 4) is 5.69 Å². The normalized spacial score (nSPS) is 18.1. The minimum atomic E-state index is -0.495. The molecule has 1 amide bonds. The van der Waals surface area contributed by atoms with Gasteiger partial charge in [-0.3, -0.25) is 0 Å². The van der Waals surface area contributed by atoms with E-state index in [1.54, 1.807) is 28.2 Å². The van der Waals surface area contributed by atoms with E-state index in [-0.39, 0.29) is 12.1 Å². The van der Waals surface area contributed by atoms with Gasteiger partial charge in [-0.15, -0.1) is 5.10 Å². The maximum absolute atomic E-state index is 12.3. The Kier molecular flexibility index (Phi) is 5.17. The molecule has 26 heavy (non-hydrogen) atoms. The molecule has 0 N–H and O–H groups in total. The highest BCUT2D eigenvalue weighted by Gasteiger charge is 2.31. The Bertz CT molecular complexity index is 774. The number of rotatable bonds is 2. The van der Waals surface area contributed by atoms with Gasteiger partial charge in [0.25, 0.3) is 0 Å². The summed E-state index contributed by atoms with van der Waals surface area (Å²) in [5.41, 5.74) is 0.347. The SMILES string of the molecule is C[C@H]1CN(C(=O)OC(C)(C)C)CCN1c1ncc(Br)cc1-n1ccnn1. The largest absolute Gasteiger partial charge is 0.444 e. The van der Waals surface area contributed by atoms with Crippen molar-refractivity contribution in [1.29, 1.82) is 0 Å². The van der Waals surface area contributed by atoms with Gasteiger partial charge in [0, 0.05) is 36.3 Å². The number of amides is 1. The van der Waals surface area contributed by atoms with Gasteiger partial charge in [0.1, 0.15) is 11.3 Å². The fourth-order valence-corrected chi connectivity index (χ4v) is 3.23. The zero-order valence-electron chi connectivity index (χ0n) is 15.4. The number of anilines is 1. The summed E-state index contributed by atoms with van der Waals surface area (Å²) in [5.74, 6) is 0.815. The van der Waals surface area contributed by atoms with Gasteiger partial charge >= 0.3 is 6.09 Å². The van der Waals surface area contributed by atoms with E-state index in [9.17, 15) is 4.79 Å². The zero-order chi connectivity index (χ0) is 18.9. The van der Waals surface area contributed by atoms with Crippen LogP contribution < -0.4 is 4.90 Å². The second-order valence-corrected chi connectivity index (χ2v) is 8.23. The monoisotopic (exact) mass is 422 g/mol. The highest BCUT2D eigenvalue weighted by Crippen LogP contribution is 2.28. The quantitative estimate of drug-likeness (QED) is 0.740. The number of carbonyl (C=O) groups is 1. The highest BCUT2D eigenvalue weighted by atomic mass is 79.9. The summed E-state index contributed by atoms with van der Waals surface area (Å²) in [5, 5.41) is 7.97. The maximum Gasteiger partial charge on any atom is 0.410 e. The molecule has 0 radical (unpaired) electrons. The van der Waals surface area contributed by atoms with E-state index in [2.05, 4.69) is 43.0 Å². The topological polar surface area (TPSA) is 76.4 Å². The molecule has 3 heterocycles. The van der Waals surface area contributed by atoms with Crippen molar-refractivity contribution in [2.75, 3.05) is 24.5 Å². The van der Waals surface area contributed by atoms with Crippen LogP contribution in [0.4, 0.5) is 10.6 Å². The predicted molar refractivity (Wildman–Crippen MR) is 101 cm³/mol.